The second kappa shape index (κ2) is 10.5. The van der Waals surface area contributed by atoms with E-state index < -0.39 is 18.2 Å². The summed E-state index contributed by atoms with van der Waals surface area (Å²) in [4.78, 5) is 12.2. The summed E-state index contributed by atoms with van der Waals surface area (Å²) in [7, 11) is 1.57. The Morgan fingerprint density at radius 1 is 1.19 bits per heavy atom. The Bertz CT molecular complexity index is 704. The second-order valence-corrected chi connectivity index (χ2v) is 5.84. The fraction of sp³-hybridized carbons (Fsp3) is 0.250. The molecule has 6 heteroatoms. The molecule has 2 atom stereocenters. The lowest BCUT2D eigenvalue weighted by Gasteiger charge is -2.22. The molecule has 0 aromatic heterocycles. The number of halogens is 1. The zero-order chi connectivity index (χ0) is 18.8. The van der Waals surface area contributed by atoms with E-state index in [2.05, 4.69) is 5.32 Å². The van der Waals surface area contributed by atoms with E-state index in [1.54, 1.807) is 43.5 Å². The highest BCUT2D eigenvalue weighted by molar-refractivity contribution is 6.18. The maximum Gasteiger partial charge on any atom is 0.408 e. The smallest absolute Gasteiger partial charge is 0.408 e. The number of carbonyl (C=O) groups excluding carboxylic acids is 1. The second-order valence-electron chi connectivity index (χ2n) is 5.53. The van der Waals surface area contributed by atoms with Crippen LogP contribution in [0.25, 0.3) is 0 Å². The molecule has 0 aliphatic carbocycles. The minimum absolute atomic E-state index is 0.148. The van der Waals surface area contributed by atoms with Crippen molar-refractivity contribution in [2.24, 2.45) is 0 Å². The lowest BCUT2D eigenvalue weighted by molar-refractivity contribution is 0.118. The first-order chi connectivity index (χ1) is 12.6. The highest BCUT2D eigenvalue weighted by atomic mass is 35.5. The molecule has 5 nitrogen and oxygen atoms in total. The molecule has 2 aromatic carbocycles. The average Bonchev–Trinajstić information content (AvgIpc) is 2.69. The molecule has 0 radical (unpaired) electrons. The summed E-state index contributed by atoms with van der Waals surface area (Å²) >= 11 is 5.63. The first-order valence-electron chi connectivity index (χ1n) is 8.16. The van der Waals surface area contributed by atoms with E-state index in [4.69, 9.17) is 21.1 Å². The number of nitrogens with one attached hydrogen (secondary N) is 1. The molecule has 0 bridgehead atoms. The minimum Gasteiger partial charge on any atom is -0.497 e. The van der Waals surface area contributed by atoms with Gasteiger partial charge in [-0.1, -0.05) is 54.6 Å². The van der Waals surface area contributed by atoms with E-state index in [1.807, 2.05) is 30.3 Å². The number of allylic oxidation sites excluding steroid dienone is 1. The van der Waals surface area contributed by atoms with Gasteiger partial charge in [0.15, 0.2) is 0 Å². The summed E-state index contributed by atoms with van der Waals surface area (Å²) in [5, 5.41) is 13.1. The molecule has 2 N–H and O–H groups in total. The predicted octanol–water partition coefficient (Wildman–Crippen LogP) is 3.82. The van der Waals surface area contributed by atoms with Crippen LogP contribution in [0.4, 0.5) is 4.79 Å². The Kier molecular flexibility index (Phi) is 7.99. The first kappa shape index (κ1) is 19.8. The molecule has 1 amide bonds. The summed E-state index contributed by atoms with van der Waals surface area (Å²) in [6.45, 7) is 0.148. The number of benzene rings is 2. The number of aliphatic hydroxyl groups is 1. The molecule has 0 aliphatic rings. The number of methoxy groups -OCH3 is 1. The van der Waals surface area contributed by atoms with Gasteiger partial charge in [0.1, 0.15) is 12.4 Å². The van der Waals surface area contributed by atoms with Crippen LogP contribution in [0.15, 0.2) is 66.7 Å². The van der Waals surface area contributed by atoms with Gasteiger partial charge in [0.2, 0.25) is 0 Å². The molecule has 2 rings (SSSR count). The third kappa shape index (κ3) is 6.10. The number of hydrogen-bond acceptors (Lipinski definition) is 4. The van der Waals surface area contributed by atoms with Gasteiger partial charge < -0.3 is 19.9 Å². The zero-order valence-electron chi connectivity index (χ0n) is 14.5. The monoisotopic (exact) mass is 375 g/mol. The van der Waals surface area contributed by atoms with E-state index in [1.165, 1.54) is 0 Å². The van der Waals surface area contributed by atoms with Gasteiger partial charge in [-0.05, 0) is 23.3 Å². The Morgan fingerprint density at radius 2 is 1.88 bits per heavy atom. The van der Waals surface area contributed by atoms with Gasteiger partial charge in [0, 0.05) is 5.88 Å². The minimum atomic E-state index is -0.952. The van der Waals surface area contributed by atoms with E-state index in [0.717, 1.165) is 5.56 Å². The highest BCUT2D eigenvalue weighted by Crippen LogP contribution is 2.21. The quantitative estimate of drug-likeness (QED) is 0.543. The summed E-state index contributed by atoms with van der Waals surface area (Å²) < 4.78 is 10.4. The van der Waals surface area contributed by atoms with E-state index in [0.29, 0.717) is 11.3 Å². The van der Waals surface area contributed by atoms with Crippen molar-refractivity contribution in [2.45, 2.75) is 18.8 Å². The SMILES string of the molecule is COc1ccc([C@@H](NC(=O)OCc2ccccc2)[C@@H](O)/C=C/CCl)cc1. The maximum atomic E-state index is 12.2. The van der Waals surface area contributed by atoms with Crippen molar-refractivity contribution in [3.63, 3.8) is 0 Å². The molecule has 0 saturated heterocycles. The van der Waals surface area contributed by atoms with Crippen molar-refractivity contribution < 1.29 is 19.4 Å². The number of rotatable bonds is 8. The van der Waals surface area contributed by atoms with Crippen LogP contribution in [0.3, 0.4) is 0 Å². The van der Waals surface area contributed by atoms with Crippen LogP contribution in [-0.4, -0.2) is 30.3 Å². The highest BCUT2D eigenvalue weighted by Gasteiger charge is 2.22. The van der Waals surface area contributed by atoms with Crippen LogP contribution in [-0.2, 0) is 11.3 Å². The molecular weight excluding hydrogens is 354 g/mol. The molecule has 0 unspecified atom stereocenters. The average molecular weight is 376 g/mol. The lowest BCUT2D eigenvalue weighted by atomic mass is 10.0. The van der Waals surface area contributed by atoms with Gasteiger partial charge >= 0.3 is 6.09 Å². The fourth-order valence-electron chi connectivity index (χ4n) is 2.37. The summed E-state index contributed by atoms with van der Waals surface area (Å²) in [6.07, 6.45) is 1.60. The lowest BCUT2D eigenvalue weighted by Crippen LogP contribution is -2.35. The zero-order valence-corrected chi connectivity index (χ0v) is 15.2. The van der Waals surface area contributed by atoms with Crippen LogP contribution >= 0.6 is 11.6 Å². The third-order valence-electron chi connectivity index (χ3n) is 3.72. The number of aliphatic hydroxyl groups excluding tert-OH is 1. The molecule has 0 spiro atoms. The molecular formula is C20H22ClNO4. The number of carbonyl (C=O) groups is 1. The van der Waals surface area contributed by atoms with Gasteiger partial charge in [0.25, 0.3) is 0 Å². The van der Waals surface area contributed by atoms with E-state index in [-0.39, 0.29) is 12.5 Å². The Labute approximate surface area is 158 Å². The number of hydrogen-bond donors (Lipinski definition) is 2. The molecule has 26 heavy (non-hydrogen) atoms. The van der Waals surface area contributed by atoms with Crippen LogP contribution in [0, 0.1) is 0 Å². The molecule has 0 aliphatic heterocycles. The Balaban J connectivity index is 2.06. The molecule has 0 saturated carbocycles. The van der Waals surface area contributed by atoms with Crippen molar-refractivity contribution >= 4 is 17.7 Å². The standard InChI is InChI=1S/C20H22ClNO4/c1-25-17-11-9-16(10-12-17)19(18(23)8-5-13-21)22-20(24)26-14-15-6-3-2-4-7-15/h2-12,18-19,23H,13-14H2,1H3,(H,22,24)/b8-5+/t18-,19+/m0/s1. The Hall–Kier alpha value is -2.50. The van der Waals surface area contributed by atoms with Crippen LogP contribution in [0.2, 0.25) is 0 Å². The van der Waals surface area contributed by atoms with Crippen molar-refractivity contribution in [1.82, 2.24) is 5.32 Å². The van der Waals surface area contributed by atoms with E-state index >= 15 is 0 Å². The van der Waals surface area contributed by atoms with Gasteiger partial charge in [0.05, 0.1) is 19.3 Å². The topological polar surface area (TPSA) is 67.8 Å². The number of ether oxygens (including phenoxy) is 2. The van der Waals surface area contributed by atoms with Gasteiger partial charge in [-0.15, -0.1) is 11.6 Å². The predicted molar refractivity (Wildman–Crippen MR) is 101 cm³/mol. The van der Waals surface area contributed by atoms with Crippen molar-refractivity contribution in [2.75, 3.05) is 13.0 Å². The van der Waals surface area contributed by atoms with Crippen LogP contribution < -0.4 is 10.1 Å². The Morgan fingerprint density at radius 3 is 2.50 bits per heavy atom. The first-order valence-corrected chi connectivity index (χ1v) is 8.69. The normalized spacial score (nSPS) is 13.2. The van der Waals surface area contributed by atoms with Gasteiger partial charge in [-0.25, -0.2) is 4.79 Å². The van der Waals surface area contributed by atoms with Crippen molar-refractivity contribution in [1.29, 1.82) is 0 Å². The fourth-order valence-corrected chi connectivity index (χ4v) is 2.47. The third-order valence-corrected chi connectivity index (χ3v) is 3.90. The number of amides is 1. The maximum absolute atomic E-state index is 12.2. The molecule has 2 aromatic rings. The van der Waals surface area contributed by atoms with Crippen LogP contribution in [0.1, 0.15) is 17.2 Å². The van der Waals surface area contributed by atoms with Gasteiger partial charge in [-0.3, -0.25) is 0 Å². The summed E-state index contributed by atoms with van der Waals surface area (Å²) in [5.41, 5.74) is 1.60. The molecule has 0 heterocycles. The van der Waals surface area contributed by atoms with E-state index in [9.17, 15) is 9.90 Å². The number of alkyl carbamates (subject to hydrolysis) is 1. The molecule has 138 valence electrons. The van der Waals surface area contributed by atoms with Crippen molar-refractivity contribution in [3.05, 3.63) is 77.9 Å². The summed E-state index contributed by atoms with van der Waals surface area (Å²) in [6, 6.07) is 15.8. The van der Waals surface area contributed by atoms with Crippen LogP contribution in [0.5, 0.6) is 5.75 Å². The largest absolute Gasteiger partial charge is 0.497 e. The van der Waals surface area contributed by atoms with Gasteiger partial charge in [-0.2, -0.15) is 0 Å². The van der Waals surface area contributed by atoms with Crippen molar-refractivity contribution in [3.8, 4) is 5.75 Å². The number of alkyl halides is 1. The molecule has 0 fully saturated rings. The summed E-state index contributed by atoms with van der Waals surface area (Å²) in [5.74, 6) is 0.954.